The van der Waals surface area contributed by atoms with Crippen molar-refractivity contribution in [1.82, 2.24) is 0 Å². The molecule has 1 saturated carbocycles. The van der Waals surface area contributed by atoms with Gasteiger partial charge in [-0.1, -0.05) is 36.4 Å². The first-order valence-corrected chi connectivity index (χ1v) is 5.67. The van der Waals surface area contributed by atoms with E-state index in [1.54, 1.807) is 6.08 Å². The van der Waals surface area contributed by atoms with Crippen molar-refractivity contribution in [3.05, 3.63) is 48.6 Å². The molecule has 0 saturated heterocycles. The highest BCUT2D eigenvalue weighted by Crippen LogP contribution is 2.33. The Hall–Kier alpha value is -1.57. The van der Waals surface area contributed by atoms with Gasteiger partial charge in [-0.15, -0.1) is 6.58 Å². The van der Waals surface area contributed by atoms with Gasteiger partial charge in [0.25, 0.3) is 0 Å². The van der Waals surface area contributed by atoms with E-state index in [1.807, 2.05) is 30.3 Å². The molecule has 1 aromatic rings. The summed E-state index contributed by atoms with van der Waals surface area (Å²) in [5.74, 6) is 0.0896. The molecule has 2 rings (SSSR count). The molecule has 0 N–H and O–H groups in total. The second kappa shape index (κ2) is 4.97. The molecular weight excluding hydrogens is 200 g/mol. The van der Waals surface area contributed by atoms with Crippen LogP contribution >= 0.6 is 0 Å². The van der Waals surface area contributed by atoms with Crippen LogP contribution in [0.2, 0.25) is 0 Å². The fourth-order valence-corrected chi connectivity index (χ4v) is 1.63. The molecule has 0 aliphatic heterocycles. The van der Waals surface area contributed by atoms with Gasteiger partial charge in [-0.2, -0.15) is 0 Å². The second-order valence-electron chi connectivity index (χ2n) is 4.13. The summed E-state index contributed by atoms with van der Waals surface area (Å²) < 4.78 is 5.49. The number of carbonyl (C=O) groups is 1. The van der Waals surface area contributed by atoms with E-state index in [0.717, 1.165) is 18.4 Å². The average Bonchev–Trinajstić information content (AvgIpc) is 3.13. The lowest BCUT2D eigenvalue weighted by Gasteiger charge is -2.16. The molecule has 1 unspecified atom stereocenters. The maximum absolute atomic E-state index is 11.6. The van der Waals surface area contributed by atoms with Crippen molar-refractivity contribution in [2.24, 2.45) is 5.92 Å². The molecule has 1 atom stereocenters. The minimum Gasteiger partial charge on any atom is -0.457 e. The zero-order valence-corrected chi connectivity index (χ0v) is 9.26. The van der Waals surface area contributed by atoms with Gasteiger partial charge in [0.1, 0.15) is 6.10 Å². The van der Waals surface area contributed by atoms with Gasteiger partial charge in [0.15, 0.2) is 0 Å². The standard InChI is InChI=1S/C14H16O2/c1-2-6-13(11-7-4-3-5-8-11)16-14(15)12-9-10-12/h2-5,7-8,12-13H,1,6,9-10H2. The van der Waals surface area contributed by atoms with E-state index in [4.69, 9.17) is 4.74 Å². The molecule has 16 heavy (non-hydrogen) atoms. The number of hydrogen-bond donors (Lipinski definition) is 0. The zero-order valence-electron chi connectivity index (χ0n) is 9.26. The van der Waals surface area contributed by atoms with Crippen LogP contribution in [0.15, 0.2) is 43.0 Å². The van der Waals surface area contributed by atoms with Crippen LogP contribution in [0, 0.1) is 5.92 Å². The van der Waals surface area contributed by atoms with Gasteiger partial charge < -0.3 is 4.74 Å². The lowest BCUT2D eigenvalue weighted by molar-refractivity contribution is -0.150. The van der Waals surface area contributed by atoms with E-state index in [1.165, 1.54) is 0 Å². The smallest absolute Gasteiger partial charge is 0.309 e. The Morgan fingerprint density at radius 1 is 1.44 bits per heavy atom. The van der Waals surface area contributed by atoms with Gasteiger partial charge in [0, 0.05) is 6.42 Å². The van der Waals surface area contributed by atoms with Crippen molar-refractivity contribution in [3.63, 3.8) is 0 Å². The number of carbonyl (C=O) groups excluding carboxylic acids is 1. The quantitative estimate of drug-likeness (QED) is 0.558. The van der Waals surface area contributed by atoms with Crippen LogP contribution in [0.5, 0.6) is 0 Å². The highest BCUT2D eigenvalue weighted by atomic mass is 16.5. The molecule has 1 aromatic carbocycles. The van der Waals surface area contributed by atoms with Crippen LogP contribution in [0.25, 0.3) is 0 Å². The topological polar surface area (TPSA) is 26.3 Å². The Kier molecular flexibility index (Phi) is 3.40. The van der Waals surface area contributed by atoms with Gasteiger partial charge in [0.05, 0.1) is 5.92 Å². The van der Waals surface area contributed by atoms with Crippen LogP contribution in [-0.4, -0.2) is 5.97 Å². The van der Waals surface area contributed by atoms with Crippen LogP contribution in [0.4, 0.5) is 0 Å². The van der Waals surface area contributed by atoms with Gasteiger partial charge in [-0.25, -0.2) is 0 Å². The fraction of sp³-hybridized carbons (Fsp3) is 0.357. The molecule has 1 aliphatic rings. The minimum absolute atomic E-state index is 0.0595. The Bertz CT molecular complexity index is 366. The van der Waals surface area contributed by atoms with Crippen molar-refractivity contribution < 1.29 is 9.53 Å². The summed E-state index contributed by atoms with van der Waals surface area (Å²) in [5, 5.41) is 0. The summed E-state index contributed by atoms with van der Waals surface area (Å²) >= 11 is 0. The predicted octanol–water partition coefficient (Wildman–Crippen LogP) is 3.26. The molecule has 1 aliphatic carbocycles. The zero-order chi connectivity index (χ0) is 11.4. The van der Waals surface area contributed by atoms with Crippen molar-refractivity contribution >= 4 is 5.97 Å². The first-order chi connectivity index (χ1) is 7.81. The van der Waals surface area contributed by atoms with E-state index in [-0.39, 0.29) is 18.0 Å². The first kappa shape index (κ1) is 10.9. The summed E-state index contributed by atoms with van der Waals surface area (Å²) in [7, 11) is 0. The number of rotatable bonds is 5. The van der Waals surface area contributed by atoms with E-state index in [9.17, 15) is 4.79 Å². The number of benzene rings is 1. The van der Waals surface area contributed by atoms with Crippen molar-refractivity contribution in [1.29, 1.82) is 0 Å². The fourth-order valence-electron chi connectivity index (χ4n) is 1.63. The third-order valence-electron chi connectivity index (χ3n) is 2.72. The monoisotopic (exact) mass is 216 g/mol. The molecule has 2 nitrogen and oxygen atoms in total. The molecule has 0 amide bonds. The predicted molar refractivity (Wildman–Crippen MR) is 62.8 cm³/mol. The maximum atomic E-state index is 11.6. The molecule has 2 heteroatoms. The van der Waals surface area contributed by atoms with E-state index < -0.39 is 0 Å². The van der Waals surface area contributed by atoms with Gasteiger partial charge in [-0.05, 0) is 18.4 Å². The second-order valence-corrected chi connectivity index (χ2v) is 4.13. The molecule has 0 heterocycles. The van der Waals surface area contributed by atoms with Gasteiger partial charge in [0.2, 0.25) is 0 Å². The van der Waals surface area contributed by atoms with Crippen LogP contribution in [0.3, 0.4) is 0 Å². The molecule has 0 spiro atoms. The lowest BCUT2D eigenvalue weighted by Crippen LogP contribution is -2.12. The summed E-state index contributed by atoms with van der Waals surface area (Å²) in [6, 6.07) is 9.83. The summed E-state index contributed by atoms with van der Waals surface area (Å²) in [4.78, 5) is 11.6. The highest BCUT2D eigenvalue weighted by Gasteiger charge is 2.32. The molecule has 0 radical (unpaired) electrons. The Balaban J connectivity index is 2.04. The Morgan fingerprint density at radius 3 is 2.69 bits per heavy atom. The van der Waals surface area contributed by atoms with Crippen LogP contribution in [-0.2, 0) is 9.53 Å². The van der Waals surface area contributed by atoms with Gasteiger partial charge >= 0.3 is 5.97 Å². The molecule has 1 fully saturated rings. The summed E-state index contributed by atoms with van der Waals surface area (Å²) in [5.41, 5.74) is 1.04. The molecule has 0 bridgehead atoms. The first-order valence-electron chi connectivity index (χ1n) is 5.67. The normalized spacial score (nSPS) is 16.5. The third-order valence-corrected chi connectivity index (χ3v) is 2.72. The van der Waals surface area contributed by atoms with Crippen LogP contribution in [0.1, 0.15) is 30.9 Å². The summed E-state index contributed by atoms with van der Waals surface area (Å²) in [6.45, 7) is 3.70. The third kappa shape index (κ3) is 2.72. The number of esters is 1. The minimum atomic E-state index is -0.174. The molecule has 0 aromatic heterocycles. The SMILES string of the molecule is C=CCC(OC(=O)C1CC1)c1ccccc1. The number of ether oxygens (including phenoxy) is 1. The van der Waals surface area contributed by atoms with Crippen LogP contribution < -0.4 is 0 Å². The Morgan fingerprint density at radius 2 is 2.12 bits per heavy atom. The Labute approximate surface area is 95.9 Å². The molecular formula is C14H16O2. The summed E-state index contributed by atoms with van der Waals surface area (Å²) in [6.07, 6.45) is 4.25. The number of hydrogen-bond acceptors (Lipinski definition) is 2. The van der Waals surface area contributed by atoms with Gasteiger partial charge in [-0.3, -0.25) is 4.79 Å². The van der Waals surface area contributed by atoms with Crippen molar-refractivity contribution in [2.75, 3.05) is 0 Å². The average molecular weight is 216 g/mol. The van der Waals surface area contributed by atoms with Crippen molar-refractivity contribution in [3.8, 4) is 0 Å². The lowest BCUT2D eigenvalue weighted by atomic mass is 10.1. The molecule has 84 valence electrons. The largest absolute Gasteiger partial charge is 0.457 e. The van der Waals surface area contributed by atoms with Crippen molar-refractivity contribution in [2.45, 2.75) is 25.4 Å². The van der Waals surface area contributed by atoms with E-state index in [2.05, 4.69) is 6.58 Å². The van der Waals surface area contributed by atoms with E-state index in [0.29, 0.717) is 6.42 Å². The highest BCUT2D eigenvalue weighted by molar-refractivity contribution is 5.75. The van der Waals surface area contributed by atoms with E-state index >= 15 is 0 Å². The maximum Gasteiger partial charge on any atom is 0.309 e.